The Hall–Kier alpha value is -1.56. The van der Waals surface area contributed by atoms with Crippen LogP contribution in [-0.2, 0) is 4.79 Å². The molecule has 2 amide bonds. The van der Waals surface area contributed by atoms with Crippen molar-refractivity contribution in [2.45, 2.75) is 12.5 Å². The number of carboxylic acid groups (broad SMARTS) is 1. The number of carboxylic acids is 1. The number of halogens is 1. The van der Waals surface area contributed by atoms with Crippen molar-refractivity contribution in [3.63, 3.8) is 0 Å². The minimum Gasteiger partial charge on any atom is -0.481 e. The standard InChI is InChI=1S/C12H13BrN2O3/c13-9-4-2-1-3-8(9)10-7-15(12(18)14-10)6-5-11(16)17/h1-4,10H,5-7H2,(H,14,18)(H,16,17). The zero-order valence-electron chi connectivity index (χ0n) is 9.60. The van der Waals surface area contributed by atoms with E-state index in [1.807, 2.05) is 24.3 Å². The molecule has 1 saturated heterocycles. The average molecular weight is 313 g/mol. The summed E-state index contributed by atoms with van der Waals surface area (Å²) in [6.45, 7) is 0.733. The van der Waals surface area contributed by atoms with Crippen molar-refractivity contribution in [2.24, 2.45) is 0 Å². The highest BCUT2D eigenvalue weighted by molar-refractivity contribution is 9.10. The van der Waals surface area contributed by atoms with Crippen molar-refractivity contribution < 1.29 is 14.7 Å². The van der Waals surface area contributed by atoms with Gasteiger partial charge in [0.05, 0.1) is 12.5 Å². The lowest BCUT2D eigenvalue weighted by molar-refractivity contribution is -0.137. The second-order valence-electron chi connectivity index (χ2n) is 4.11. The molecule has 1 aromatic carbocycles. The molecule has 1 aliphatic rings. The van der Waals surface area contributed by atoms with E-state index in [1.165, 1.54) is 4.90 Å². The molecule has 0 aromatic heterocycles. The van der Waals surface area contributed by atoms with Gasteiger partial charge in [0.2, 0.25) is 0 Å². The van der Waals surface area contributed by atoms with Crippen molar-refractivity contribution in [1.82, 2.24) is 10.2 Å². The van der Waals surface area contributed by atoms with E-state index < -0.39 is 5.97 Å². The van der Waals surface area contributed by atoms with Crippen molar-refractivity contribution in [1.29, 1.82) is 0 Å². The number of carbonyl (C=O) groups excluding carboxylic acids is 1. The van der Waals surface area contributed by atoms with E-state index in [-0.39, 0.29) is 25.0 Å². The van der Waals surface area contributed by atoms with Gasteiger partial charge in [-0.15, -0.1) is 0 Å². The van der Waals surface area contributed by atoms with Gasteiger partial charge in [-0.05, 0) is 11.6 Å². The maximum absolute atomic E-state index is 11.7. The van der Waals surface area contributed by atoms with Gasteiger partial charge in [0.1, 0.15) is 0 Å². The van der Waals surface area contributed by atoms with E-state index in [0.717, 1.165) is 10.0 Å². The number of carbonyl (C=O) groups is 2. The summed E-state index contributed by atoms with van der Waals surface area (Å²) in [7, 11) is 0. The number of benzene rings is 1. The predicted octanol–water partition coefficient (Wildman–Crippen LogP) is 1.99. The van der Waals surface area contributed by atoms with Crippen LogP contribution in [0.25, 0.3) is 0 Å². The second kappa shape index (κ2) is 5.39. The molecule has 1 heterocycles. The molecule has 0 aliphatic carbocycles. The van der Waals surface area contributed by atoms with Crippen LogP contribution in [0.15, 0.2) is 28.7 Å². The van der Waals surface area contributed by atoms with E-state index in [0.29, 0.717) is 6.54 Å². The number of aliphatic carboxylic acids is 1. The lowest BCUT2D eigenvalue weighted by Gasteiger charge is -2.14. The lowest BCUT2D eigenvalue weighted by Crippen LogP contribution is -2.30. The Bertz CT molecular complexity index is 478. The summed E-state index contributed by atoms with van der Waals surface area (Å²) in [6, 6.07) is 7.37. The highest BCUT2D eigenvalue weighted by Gasteiger charge is 2.30. The van der Waals surface area contributed by atoms with Gasteiger partial charge in [-0.2, -0.15) is 0 Å². The number of hydrogen-bond acceptors (Lipinski definition) is 2. The molecule has 1 fully saturated rings. The molecule has 0 radical (unpaired) electrons. The summed E-state index contributed by atoms with van der Waals surface area (Å²) >= 11 is 3.44. The van der Waals surface area contributed by atoms with Gasteiger partial charge in [-0.1, -0.05) is 34.1 Å². The Kier molecular flexibility index (Phi) is 3.86. The van der Waals surface area contributed by atoms with Gasteiger partial charge in [-0.25, -0.2) is 4.79 Å². The van der Waals surface area contributed by atoms with Crippen molar-refractivity contribution >= 4 is 27.9 Å². The van der Waals surface area contributed by atoms with Crippen LogP contribution in [0, 0.1) is 0 Å². The van der Waals surface area contributed by atoms with Gasteiger partial charge in [0.25, 0.3) is 0 Å². The Morgan fingerprint density at radius 1 is 1.50 bits per heavy atom. The van der Waals surface area contributed by atoms with Crippen molar-refractivity contribution in [2.75, 3.05) is 13.1 Å². The molecular weight excluding hydrogens is 300 g/mol. The first-order valence-corrected chi connectivity index (χ1v) is 6.39. The highest BCUT2D eigenvalue weighted by atomic mass is 79.9. The van der Waals surface area contributed by atoms with Crippen LogP contribution in [0.3, 0.4) is 0 Å². The topological polar surface area (TPSA) is 69.6 Å². The second-order valence-corrected chi connectivity index (χ2v) is 4.97. The largest absolute Gasteiger partial charge is 0.481 e. The molecule has 1 atom stereocenters. The van der Waals surface area contributed by atoms with Crippen LogP contribution < -0.4 is 5.32 Å². The molecule has 96 valence electrons. The number of rotatable bonds is 4. The van der Waals surface area contributed by atoms with Crippen LogP contribution in [0.2, 0.25) is 0 Å². The van der Waals surface area contributed by atoms with Gasteiger partial charge in [-0.3, -0.25) is 4.79 Å². The Morgan fingerprint density at radius 2 is 2.22 bits per heavy atom. The van der Waals surface area contributed by atoms with Crippen LogP contribution in [0.4, 0.5) is 4.79 Å². The molecule has 6 heteroatoms. The Morgan fingerprint density at radius 3 is 2.89 bits per heavy atom. The smallest absolute Gasteiger partial charge is 0.318 e. The third-order valence-electron chi connectivity index (χ3n) is 2.86. The Balaban J connectivity index is 2.04. The third kappa shape index (κ3) is 2.81. The average Bonchev–Trinajstić information content (AvgIpc) is 2.68. The van der Waals surface area contributed by atoms with Crippen LogP contribution in [-0.4, -0.2) is 35.1 Å². The quantitative estimate of drug-likeness (QED) is 0.893. The van der Waals surface area contributed by atoms with E-state index in [9.17, 15) is 9.59 Å². The lowest BCUT2D eigenvalue weighted by atomic mass is 10.1. The third-order valence-corrected chi connectivity index (χ3v) is 3.59. The van der Waals surface area contributed by atoms with Crippen LogP contribution in [0.5, 0.6) is 0 Å². The van der Waals surface area contributed by atoms with Gasteiger partial charge >= 0.3 is 12.0 Å². The summed E-state index contributed by atoms with van der Waals surface area (Å²) in [5.74, 6) is -0.896. The summed E-state index contributed by atoms with van der Waals surface area (Å²) in [6.07, 6.45) is -0.0316. The minimum atomic E-state index is -0.896. The number of urea groups is 1. The van der Waals surface area contributed by atoms with E-state index in [4.69, 9.17) is 5.11 Å². The number of nitrogens with one attached hydrogen (secondary N) is 1. The molecule has 0 bridgehead atoms. The van der Waals surface area contributed by atoms with Crippen molar-refractivity contribution in [3.05, 3.63) is 34.3 Å². The minimum absolute atomic E-state index is 0.0316. The molecule has 5 nitrogen and oxygen atoms in total. The monoisotopic (exact) mass is 312 g/mol. The summed E-state index contributed by atoms with van der Waals surface area (Å²) < 4.78 is 0.940. The summed E-state index contributed by atoms with van der Waals surface area (Å²) in [5.41, 5.74) is 1.00. The molecule has 18 heavy (non-hydrogen) atoms. The van der Waals surface area contributed by atoms with Gasteiger partial charge in [0, 0.05) is 17.6 Å². The first-order valence-electron chi connectivity index (χ1n) is 5.59. The van der Waals surface area contributed by atoms with Crippen LogP contribution >= 0.6 is 15.9 Å². The van der Waals surface area contributed by atoms with Crippen molar-refractivity contribution in [3.8, 4) is 0 Å². The molecule has 2 rings (SSSR count). The number of hydrogen-bond donors (Lipinski definition) is 2. The molecule has 0 spiro atoms. The van der Waals surface area contributed by atoms with Gasteiger partial charge in [0.15, 0.2) is 0 Å². The number of nitrogens with zero attached hydrogens (tertiary/aromatic N) is 1. The molecule has 1 aromatic rings. The number of amides is 2. The highest BCUT2D eigenvalue weighted by Crippen LogP contribution is 2.26. The fourth-order valence-electron chi connectivity index (χ4n) is 1.95. The Labute approximate surface area is 113 Å². The normalized spacial score (nSPS) is 18.8. The fraction of sp³-hybridized carbons (Fsp3) is 0.333. The maximum atomic E-state index is 11.7. The molecule has 1 aliphatic heterocycles. The van der Waals surface area contributed by atoms with E-state index >= 15 is 0 Å². The van der Waals surface area contributed by atoms with Crippen LogP contribution in [0.1, 0.15) is 18.0 Å². The zero-order valence-corrected chi connectivity index (χ0v) is 11.2. The fourth-order valence-corrected chi connectivity index (χ4v) is 2.51. The van der Waals surface area contributed by atoms with E-state index in [1.54, 1.807) is 0 Å². The van der Waals surface area contributed by atoms with Gasteiger partial charge < -0.3 is 15.3 Å². The zero-order chi connectivity index (χ0) is 13.1. The maximum Gasteiger partial charge on any atom is 0.318 e. The summed E-state index contributed by atoms with van der Waals surface area (Å²) in [5, 5.41) is 11.5. The predicted molar refractivity (Wildman–Crippen MR) is 69.2 cm³/mol. The SMILES string of the molecule is O=C(O)CCN1CC(c2ccccc2Br)NC1=O. The molecule has 0 saturated carbocycles. The summed E-state index contributed by atoms with van der Waals surface area (Å²) in [4.78, 5) is 23.7. The molecular formula is C12H13BrN2O3. The molecule has 1 unspecified atom stereocenters. The molecule has 2 N–H and O–H groups in total. The first kappa shape index (κ1) is 12.9. The first-order chi connectivity index (χ1) is 8.58. The van der Waals surface area contributed by atoms with E-state index in [2.05, 4.69) is 21.2 Å².